The first kappa shape index (κ1) is 10.4. The van der Waals surface area contributed by atoms with Crippen LogP contribution in [0.15, 0.2) is 23.3 Å². The quantitative estimate of drug-likeness (QED) is 0.382. The Hall–Kier alpha value is -1.72. The van der Waals surface area contributed by atoms with Crippen molar-refractivity contribution in [2.45, 2.75) is 25.9 Å². The lowest BCUT2D eigenvalue weighted by atomic mass is 9.93. The molecule has 6 nitrogen and oxygen atoms in total. The zero-order valence-electron chi connectivity index (χ0n) is 7.89. The Morgan fingerprint density at radius 1 is 1.21 bits per heavy atom. The van der Waals surface area contributed by atoms with Crippen LogP contribution in [0, 0.1) is 20.2 Å². The molecule has 0 unspecified atom stereocenters. The summed E-state index contributed by atoms with van der Waals surface area (Å²) < 4.78 is 0. The predicted molar refractivity (Wildman–Crippen MR) is 48.9 cm³/mol. The molecule has 0 amide bonds. The molecule has 6 heteroatoms. The Morgan fingerprint density at radius 3 is 2.07 bits per heavy atom. The number of hydrogen-bond acceptors (Lipinski definition) is 4. The lowest BCUT2D eigenvalue weighted by Gasteiger charge is -2.17. The van der Waals surface area contributed by atoms with Gasteiger partial charge < -0.3 is 0 Å². The largest absolute Gasteiger partial charge is 0.481 e. The van der Waals surface area contributed by atoms with Gasteiger partial charge in [-0.15, -0.1) is 0 Å². The Bertz CT molecular complexity index is 342. The van der Waals surface area contributed by atoms with Crippen molar-refractivity contribution < 1.29 is 9.85 Å². The van der Waals surface area contributed by atoms with Gasteiger partial charge in [0.25, 0.3) is 0 Å². The van der Waals surface area contributed by atoms with Crippen molar-refractivity contribution in [1.29, 1.82) is 0 Å². The summed E-state index contributed by atoms with van der Waals surface area (Å²) in [6, 6.07) is 0. The highest BCUT2D eigenvalue weighted by Crippen LogP contribution is 2.28. The van der Waals surface area contributed by atoms with Crippen LogP contribution >= 0.6 is 0 Å². The first-order valence-corrected chi connectivity index (χ1v) is 4.06. The first-order chi connectivity index (χ1) is 6.40. The number of nitro groups is 2. The first-order valence-electron chi connectivity index (χ1n) is 4.06. The molecule has 0 fully saturated rings. The molecule has 0 N–H and O–H groups in total. The molecule has 0 spiro atoms. The molecule has 0 atom stereocenters. The zero-order chi connectivity index (χ0) is 10.9. The van der Waals surface area contributed by atoms with Crippen molar-refractivity contribution in [2.75, 3.05) is 0 Å². The molecule has 0 aromatic rings. The number of rotatable bonds is 2. The molecule has 0 saturated heterocycles. The van der Waals surface area contributed by atoms with E-state index in [4.69, 9.17) is 0 Å². The van der Waals surface area contributed by atoms with E-state index in [1.165, 1.54) is 6.08 Å². The van der Waals surface area contributed by atoms with E-state index in [-0.39, 0.29) is 6.42 Å². The maximum Gasteiger partial charge on any atom is 0.481 e. The fourth-order valence-electron chi connectivity index (χ4n) is 1.30. The zero-order valence-corrected chi connectivity index (χ0v) is 7.89. The standard InChI is InChI=1S/C8H10N2O4/c1-6-3-4-8(9(11)12,10(13)14)5-7(6)2/h3,5H,4H2,1-2H3. The molecule has 1 aliphatic rings. The van der Waals surface area contributed by atoms with Gasteiger partial charge in [0.15, 0.2) is 0 Å². The van der Waals surface area contributed by atoms with E-state index in [9.17, 15) is 20.2 Å². The van der Waals surface area contributed by atoms with Gasteiger partial charge in [-0.2, -0.15) is 0 Å². The van der Waals surface area contributed by atoms with Crippen LogP contribution in [-0.4, -0.2) is 15.5 Å². The topological polar surface area (TPSA) is 86.3 Å². The molecule has 14 heavy (non-hydrogen) atoms. The number of nitrogens with zero attached hydrogens (tertiary/aromatic N) is 2. The van der Waals surface area contributed by atoms with Crippen molar-refractivity contribution in [3.8, 4) is 0 Å². The van der Waals surface area contributed by atoms with Crippen molar-refractivity contribution >= 4 is 0 Å². The second-order valence-electron chi connectivity index (χ2n) is 3.31. The van der Waals surface area contributed by atoms with Crippen molar-refractivity contribution in [3.63, 3.8) is 0 Å². The summed E-state index contributed by atoms with van der Waals surface area (Å²) in [4.78, 5) is 19.6. The van der Waals surface area contributed by atoms with E-state index in [1.807, 2.05) is 0 Å². The Labute approximate surface area is 80.2 Å². The predicted octanol–water partition coefficient (Wildman–Crippen LogP) is 1.53. The highest BCUT2D eigenvalue weighted by Gasteiger charge is 2.54. The van der Waals surface area contributed by atoms with Crippen molar-refractivity contribution in [2.24, 2.45) is 0 Å². The summed E-state index contributed by atoms with van der Waals surface area (Å²) in [7, 11) is 0. The summed E-state index contributed by atoms with van der Waals surface area (Å²) in [6.45, 7) is 3.41. The van der Waals surface area contributed by atoms with Gasteiger partial charge in [0.05, 0.1) is 6.08 Å². The maximum absolute atomic E-state index is 10.7. The third-order valence-electron chi connectivity index (χ3n) is 2.41. The van der Waals surface area contributed by atoms with Gasteiger partial charge in [-0.05, 0) is 19.4 Å². The summed E-state index contributed by atoms with van der Waals surface area (Å²) >= 11 is 0. The average Bonchev–Trinajstić information content (AvgIpc) is 2.09. The molecule has 0 aromatic heterocycles. The van der Waals surface area contributed by atoms with E-state index >= 15 is 0 Å². The molecule has 76 valence electrons. The summed E-state index contributed by atoms with van der Waals surface area (Å²) in [5.74, 6) is 0. The highest BCUT2D eigenvalue weighted by atomic mass is 16.7. The lowest BCUT2D eigenvalue weighted by molar-refractivity contribution is -0.780. The molecule has 1 rings (SSSR count). The molecule has 0 aliphatic heterocycles. The monoisotopic (exact) mass is 198 g/mol. The van der Waals surface area contributed by atoms with Crippen LogP contribution in [0.4, 0.5) is 0 Å². The molecular weight excluding hydrogens is 188 g/mol. The number of allylic oxidation sites excluding steroid dienone is 2. The van der Waals surface area contributed by atoms with Crippen LogP contribution in [-0.2, 0) is 0 Å². The normalized spacial score (nSPS) is 19.6. The molecule has 1 aliphatic carbocycles. The molecular formula is C8H10N2O4. The van der Waals surface area contributed by atoms with Gasteiger partial charge >= 0.3 is 5.66 Å². The van der Waals surface area contributed by atoms with Crippen LogP contribution in [0.3, 0.4) is 0 Å². The van der Waals surface area contributed by atoms with E-state index < -0.39 is 15.5 Å². The minimum atomic E-state index is -2.16. The Morgan fingerprint density at radius 2 is 1.71 bits per heavy atom. The third kappa shape index (κ3) is 1.39. The fourth-order valence-corrected chi connectivity index (χ4v) is 1.30. The smallest absolute Gasteiger partial charge is 0.258 e. The van der Waals surface area contributed by atoms with Crippen molar-refractivity contribution in [1.82, 2.24) is 0 Å². The number of hydrogen-bond donors (Lipinski definition) is 0. The van der Waals surface area contributed by atoms with Gasteiger partial charge in [0.1, 0.15) is 16.3 Å². The van der Waals surface area contributed by atoms with E-state index in [0.717, 1.165) is 11.6 Å². The van der Waals surface area contributed by atoms with Gasteiger partial charge in [0, 0.05) is 0 Å². The van der Waals surface area contributed by atoms with E-state index in [2.05, 4.69) is 0 Å². The van der Waals surface area contributed by atoms with Crippen LogP contribution in [0.2, 0.25) is 0 Å². The highest BCUT2D eigenvalue weighted by molar-refractivity contribution is 5.32. The Balaban J connectivity index is 3.19. The summed E-state index contributed by atoms with van der Waals surface area (Å²) in [6.07, 6.45) is 2.46. The molecule has 0 saturated carbocycles. The van der Waals surface area contributed by atoms with Gasteiger partial charge in [-0.1, -0.05) is 11.6 Å². The molecule has 0 aromatic carbocycles. The van der Waals surface area contributed by atoms with Crippen LogP contribution in [0.25, 0.3) is 0 Å². The van der Waals surface area contributed by atoms with E-state index in [1.54, 1.807) is 13.8 Å². The second kappa shape index (κ2) is 3.21. The van der Waals surface area contributed by atoms with Crippen LogP contribution in [0.5, 0.6) is 0 Å². The molecule has 0 bridgehead atoms. The Kier molecular flexibility index (Phi) is 2.37. The molecule has 0 radical (unpaired) electrons. The summed E-state index contributed by atoms with van der Waals surface area (Å²) in [5.41, 5.74) is -0.724. The van der Waals surface area contributed by atoms with Gasteiger partial charge in [-0.25, -0.2) is 0 Å². The second-order valence-corrected chi connectivity index (χ2v) is 3.31. The van der Waals surface area contributed by atoms with E-state index in [0.29, 0.717) is 5.57 Å². The minimum absolute atomic E-state index is 0.184. The fraction of sp³-hybridized carbons (Fsp3) is 0.500. The van der Waals surface area contributed by atoms with Gasteiger partial charge in [0.2, 0.25) is 0 Å². The third-order valence-corrected chi connectivity index (χ3v) is 2.41. The average molecular weight is 198 g/mol. The maximum atomic E-state index is 10.7. The van der Waals surface area contributed by atoms with Crippen LogP contribution < -0.4 is 0 Å². The van der Waals surface area contributed by atoms with Crippen molar-refractivity contribution in [3.05, 3.63) is 43.5 Å². The SMILES string of the molecule is CC1=CCC([N+](=O)[O-])([N+](=O)[O-])C=C1C. The minimum Gasteiger partial charge on any atom is -0.258 e. The molecule has 0 heterocycles. The van der Waals surface area contributed by atoms with Crippen LogP contribution in [0.1, 0.15) is 20.3 Å². The lowest BCUT2D eigenvalue weighted by Crippen LogP contribution is -2.45. The van der Waals surface area contributed by atoms with Gasteiger partial charge in [-0.3, -0.25) is 20.2 Å². The summed E-state index contributed by atoms with van der Waals surface area (Å²) in [5, 5.41) is 21.3.